The van der Waals surface area contributed by atoms with E-state index in [1.807, 2.05) is 13.8 Å². The van der Waals surface area contributed by atoms with Crippen molar-refractivity contribution in [1.82, 2.24) is 0 Å². The van der Waals surface area contributed by atoms with E-state index < -0.39 is 17.1 Å². The first-order valence-corrected chi connectivity index (χ1v) is 9.24. The van der Waals surface area contributed by atoms with Crippen LogP contribution in [-0.2, 0) is 14.3 Å². The number of aliphatic hydroxyl groups is 1. The largest absolute Gasteiger partial charge is 0.459 e. The summed E-state index contributed by atoms with van der Waals surface area (Å²) in [6.45, 7) is 10.5. The molecule has 2 bridgehead atoms. The molecule has 6 atom stereocenters. The van der Waals surface area contributed by atoms with Gasteiger partial charge in [-0.3, -0.25) is 9.59 Å². The molecule has 0 amide bonds. The van der Waals surface area contributed by atoms with Crippen molar-refractivity contribution in [3.05, 3.63) is 12.2 Å². The van der Waals surface area contributed by atoms with Crippen LogP contribution in [0.1, 0.15) is 59.3 Å². The number of aliphatic hydroxyl groups excluding tert-OH is 1. The van der Waals surface area contributed by atoms with E-state index >= 15 is 0 Å². The van der Waals surface area contributed by atoms with Gasteiger partial charge in [-0.05, 0) is 57.3 Å². The maximum absolute atomic E-state index is 13.0. The van der Waals surface area contributed by atoms with Crippen LogP contribution in [0.15, 0.2) is 12.2 Å². The maximum atomic E-state index is 13.0. The van der Waals surface area contributed by atoms with Gasteiger partial charge in [0.1, 0.15) is 11.7 Å². The number of carbonyl (C=O) groups excluding carboxylic acids is 2. The average Bonchev–Trinajstić information content (AvgIpc) is 2.57. The van der Waals surface area contributed by atoms with Gasteiger partial charge in [0.25, 0.3) is 0 Å². The van der Waals surface area contributed by atoms with E-state index in [2.05, 4.69) is 13.5 Å². The Morgan fingerprint density at radius 1 is 1.17 bits per heavy atom. The average molecular weight is 332 g/mol. The molecule has 1 aliphatic heterocycles. The zero-order valence-corrected chi connectivity index (χ0v) is 14.9. The molecule has 24 heavy (non-hydrogen) atoms. The maximum Gasteiger partial charge on any atom is 0.306 e. The summed E-state index contributed by atoms with van der Waals surface area (Å²) in [7, 11) is 0. The highest BCUT2D eigenvalue weighted by Gasteiger charge is 2.68. The van der Waals surface area contributed by atoms with Gasteiger partial charge < -0.3 is 9.84 Å². The van der Waals surface area contributed by atoms with E-state index in [9.17, 15) is 14.7 Å². The summed E-state index contributed by atoms with van der Waals surface area (Å²) in [5, 5.41) is 10.5. The van der Waals surface area contributed by atoms with Gasteiger partial charge in [-0.1, -0.05) is 19.1 Å². The number of cyclic esters (lactones) is 1. The number of ketones is 1. The third-order valence-corrected chi connectivity index (χ3v) is 7.92. The molecule has 4 saturated carbocycles. The molecule has 4 aliphatic carbocycles. The molecule has 0 radical (unpaired) electrons. The number of Topliss-reactive ketones (excluding diaryl/α,β-unsaturated/α-hetero) is 1. The standard InChI is InChI=1S/C20H28O4/c1-11-10-20-8-5-13-18(2,3)24-15(21)6-7-19(13,4)14(20)9-12(11)16(22)17(20)23/h12-14,16,22H,1,5-10H2,2-4H3/t12-,13+,14-,16-,19+,20-/m0/s1. The van der Waals surface area contributed by atoms with Crippen molar-refractivity contribution in [3.8, 4) is 0 Å². The Hall–Kier alpha value is -1.16. The van der Waals surface area contributed by atoms with E-state index in [-0.39, 0.29) is 34.9 Å². The molecule has 4 heteroatoms. The fourth-order valence-electron chi connectivity index (χ4n) is 6.93. The molecule has 0 aromatic rings. The molecule has 1 spiro atoms. The van der Waals surface area contributed by atoms with Crippen LogP contribution in [0.4, 0.5) is 0 Å². The van der Waals surface area contributed by atoms with Crippen molar-refractivity contribution in [3.63, 3.8) is 0 Å². The lowest BCUT2D eigenvalue weighted by atomic mass is 9.39. The highest BCUT2D eigenvalue weighted by atomic mass is 16.6. The number of ether oxygens (including phenoxy) is 1. The quantitative estimate of drug-likeness (QED) is 0.547. The summed E-state index contributed by atoms with van der Waals surface area (Å²) in [5.74, 6) is 0.267. The zero-order valence-electron chi connectivity index (χ0n) is 14.9. The van der Waals surface area contributed by atoms with Gasteiger partial charge in [-0.2, -0.15) is 0 Å². The number of hydrogen-bond acceptors (Lipinski definition) is 4. The first kappa shape index (κ1) is 16.3. The number of hydrogen-bond donors (Lipinski definition) is 1. The second kappa shape index (κ2) is 4.72. The van der Waals surface area contributed by atoms with Crippen molar-refractivity contribution in [2.24, 2.45) is 28.6 Å². The van der Waals surface area contributed by atoms with Crippen molar-refractivity contribution in [2.45, 2.75) is 71.0 Å². The van der Waals surface area contributed by atoms with Crippen molar-refractivity contribution in [2.75, 3.05) is 0 Å². The van der Waals surface area contributed by atoms with Crippen molar-refractivity contribution < 1.29 is 19.4 Å². The number of fused-ring (bicyclic) bond motifs is 3. The minimum atomic E-state index is -0.876. The van der Waals surface area contributed by atoms with Crippen LogP contribution >= 0.6 is 0 Å². The Morgan fingerprint density at radius 3 is 2.58 bits per heavy atom. The summed E-state index contributed by atoms with van der Waals surface area (Å²) in [4.78, 5) is 25.2. The van der Waals surface area contributed by atoms with Gasteiger partial charge in [-0.15, -0.1) is 0 Å². The molecule has 1 saturated heterocycles. The second-order valence-electron chi connectivity index (χ2n) is 9.37. The van der Waals surface area contributed by atoms with Crippen LogP contribution in [0.5, 0.6) is 0 Å². The summed E-state index contributed by atoms with van der Waals surface area (Å²) in [5.41, 5.74) is -0.0392. The lowest BCUT2D eigenvalue weighted by Gasteiger charge is -2.65. The Kier molecular flexibility index (Phi) is 3.21. The zero-order chi connectivity index (χ0) is 17.5. The minimum absolute atomic E-state index is 0.0325. The fraction of sp³-hybridized carbons (Fsp3) is 0.800. The van der Waals surface area contributed by atoms with E-state index in [1.165, 1.54) is 0 Å². The van der Waals surface area contributed by atoms with Crippen molar-refractivity contribution in [1.29, 1.82) is 0 Å². The van der Waals surface area contributed by atoms with Crippen LogP contribution in [-0.4, -0.2) is 28.6 Å². The Balaban J connectivity index is 1.82. The van der Waals surface area contributed by atoms with Gasteiger partial charge in [0.2, 0.25) is 0 Å². The molecule has 0 aromatic carbocycles. The Morgan fingerprint density at radius 2 is 1.88 bits per heavy atom. The molecular formula is C20H28O4. The molecule has 0 aromatic heterocycles. The topological polar surface area (TPSA) is 63.6 Å². The van der Waals surface area contributed by atoms with Crippen LogP contribution < -0.4 is 0 Å². The smallest absolute Gasteiger partial charge is 0.306 e. The third-order valence-electron chi connectivity index (χ3n) is 7.92. The number of carbonyl (C=O) groups is 2. The lowest BCUT2D eigenvalue weighted by Crippen LogP contribution is -2.66. The second-order valence-corrected chi connectivity index (χ2v) is 9.37. The molecular weight excluding hydrogens is 304 g/mol. The van der Waals surface area contributed by atoms with Gasteiger partial charge in [-0.25, -0.2) is 0 Å². The SMILES string of the molecule is C=C1C[C@@]23CC[C@@H]4C(C)(C)OC(=O)CC[C@@]4(C)[C@@H]2C[C@@H]1[C@H](O)C3=O. The van der Waals surface area contributed by atoms with E-state index in [4.69, 9.17) is 4.74 Å². The van der Waals surface area contributed by atoms with E-state index in [1.54, 1.807) is 0 Å². The van der Waals surface area contributed by atoms with E-state index in [0.717, 1.165) is 37.7 Å². The normalized spacial score (nSPS) is 49.9. The predicted molar refractivity (Wildman–Crippen MR) is 89.0 cm³/mol. The predicted octanol–water partition coefficient (Wildman–Crippen LogP) is 3.03. The van der Waals surface area contributed by atoms with Gasteiger partial charge in [0.05, 0.1) is 0 Å². The fourth-order valence-corrected chi connectivity index (χ4v) is 6.93. The van der Waals surface area contributed by atoms with Crippen molar-refractivity contribution >= 4 is 11.8 Å². The minimum Gasteiger partial charge on any atom is -0.459 e. The lowest BCUT2D eigenvalue weighted by molar-refractivity contribution is -0.195. The molecule has 5 fully saturated rings. The molecule has 4 nitrogen and oxygen atoms in total. The van der Waals surface area contributed by atoms with Crippen LogP contribution in [0.2, 0.25) is 0 Å². The number of esters is 1. The number of rotatable bonds is 0. The highest BCUT2D eigenvalue weighted by Crippen LogP contribution is 2.69. The molecule has 5 aliphatic rings. The van der Waals surface area contributed by atoms with Crippen LogP contribution in [0, 0.1) is 28.6 Å². The first-order valence-electron chi connectivity index (χ1n) is 9.24. The Labute approximate surface area is 143 Å². The van der Waals surface area contributed by atoms with Gasteiger partial charge in [0.15, 0.2) is 5.78 Å². The molecule has 132 valence electrons. The Bertz CT molecular complexity index is 636. The molecule has 5 rings (SSSR count). The van der Waals surface area contributed by atoms with Crippen LogP contribution in [0.25, 0.3) is 0 Å². The van der Waals surface area contributed by atoms with Gasteiger partial charge >= 0.3 is 5.97 Å². The third kappa shape index (κ3) is 1.84. The highest BCUT2D eigenvalue weighted by molar-refractivity contribution is 5.92. The monoisotopic (exact) mass is 332 g/mol. The summed E-state index contributed by atoms with van der Waals surface area (Å²) in [6, 6.07) is 0. The van der Waals surface area contributed by atoms with Crippen LogP contribution in [0.3, 0.4) is 0 Å². The summed E-state index contributed by atoms with van der Waals surface area (Å²) in [6.07, 6.45) is 3.50. The van der Waals surface area contributed by atoms with Gasteiger partial charge in [0, 0.05) is 23.7 Å². The summed E-state index contributed by atoms with van der Waals surface area (Å²) >= 11 is 0. The first-order chi connectivity index (χ1) is 11.1. The van der Waals surface area contributed by atoms with E-state index in [0.29, 0.717) is 6.42 Å². The molecule has 0 unspecified atom stereocenters. The summed E-state index contributed by atoms with van der Waals surface area (Å²) < 4.78 is 5.77. The molecule has 1 heterocycles. The molecule has 1 N–H and O–H groups in total.